The van der Waals surface area contributed by atoms with Gasteiger partial charge in [-0.2, -0.15) is 0 Å². The van der Waals surface area contributed by atoms with Gasteiger partial charge in [0.05, 0.1) is 0 Å². The number of allylic oxidation sites excluding steroid dienone is 1. The van der Waals surface area contributed by atoms with E-state index in [9.17, 15) is 4.79 Å². The predicted molar refractivity (Wildman–Crippen MR) is 161 cm³/mol. The molecule has 0 aliphatic carbocycles. The van der Waals surface area contributed by atoms with E-state index in [1.54, 1.807) is 0 Å². The molecule has 0 aliphatic heterocycles. The maximum atomic E-state index is 12.8. The Kier molecular flexibility index (Phi) is 13.0. The summed E-state index contributed by atoms with van der Waals surface area (Å²) in [6.45, 7) is 28.8. The third-order valence-electron chi connectivity index (χ3n) is 5.92. The van der Waals surface area contributed by atoms with E-state index in [0.29, 0.717) is 18.7 Å². The first-order chi connectivity index (χ1) is 17.5. The number of benzene rings is 2. The molecule has 2 aromatic carbocycles. The molecule has 0 heterocycles. The van der Waals surface area contributed by atoms with Crippen molar-refractivity contribution in [2.45, 2.75) is 54.9 Å². The van der Waals surface area contributed by atoms with Crippen LogP contribution in [-0.4, -0.2) is 30.4 Å². The average Bonchev–Trinajstić information content (AvgIpc) is 2.86. The molecule has 37 heavy (non-hydrogen) atoms. The van der Waals surface area contributed by atoms with Crippen LogP contribution in [0.1, 0.15) is 79.2 Å². The highest BCUT2D eigenvalue weighted by molar-refractivity contribution is 5.95. The highest BCUT2D eigenvalue weighted by Gasteiger charge is 2.15. The van der Waals surface area contributed by atoms with E-state index in [2.05, 4.69) is 64.0 Å². The molecule has 0 saturated heterocycles. The second kappa shape index (κ2) is 15.4. The summed E-state index contributed by atoms with van der Waals surface area (Å²) in [5, 5.41) is 6.41. The Labute approximate surface area is 225 Å². The van der Waals surface area contributed by atoms with Crippen molar-refractivity contribution < 1.29 is 4.79 Å². The van der Waals surface area contributed by atoms with Crippen molar-refractivity contribution in [2.75, 3.05) is 19.6 Å². The van der Waals surface area contributed by atoms with E-state index >= 15 is 0 Å². The highest BCUT2D eigenvalue weighted by Crippen LogP contribution is 2.25. The van der Waals surface area contributed by atoms with Gasteiger partial charge in [0.1, 0.15) is 0 Å². The third kappa shape index (κ3) is 9.35. The van der Waals surface area contributed by atoms with Gasteiger partial charge in [0.25, 0.3) is 5.91 Å². The van der Waals surface area contributed by atoms with E-state index in [1.807, 2.05) is 62.1 Å². The zero-order valence-electron chi connectivity index (χ0n) is 23.9. The van der Waals surface area contributed by atoms with Gasteiger partial charge in [-0.1, -0.05) is 65.0 Å². The van der Waals surface area contributed by atoms with Crippen molar-refractivity contribution in [3.63, 3.8) is 0 Å². The topological polar surface area (TPSA) is 44.4 Å². The van der Waals surface area contributed by atoms with Gasteiger partial charge in [-0.05, 0) is 74.6 Å². The van der Waals surface area contributed by atoms with Crippen LogP contribution in [0.25, 0.3) is 11.4 Å². The summed E-state index contributed by atoms with van der Waals surface area (Å²) in [5.74, 6) is 2.79. The predicted octanol–water partition coefficient (Wildman–Crippen LogP) is 7.15. The molecule has 2 rings (SSSR count). The highest BCUT2D eigenvalue weighted by atomic mass is 16.1. The van der Waals surface area contributed by atoms with Gasteiger partial charge in [-0.25, -0.2) is 0 Å². The Bertz CT molecular complexity index is 1150. The molecule has 0 aromatic heterocycles. The Hall–Kier alpha value is -3.71. The van der Waals surface area contributed by atoms with Gasteiger partial charge in [0, 0.05) is 53.4 Å². The molecule has 1 unspecified atom stereocenters. The summed E-state index contributed by atoms with van der Waals surface area (Å²) >= 11 is 0. The van der Waals surface area contributed by atoms with Gasteiger partial charge >= 0.3 is 0 Å². The quantitative estimate of drug-likeness (QED) is 0.323. The minimum atomic E-state index is -0.0985. The summed E-state index contributed by atoms with van der Waals surface area (Å²) in [6, 6.07) is 11.7. The molecular weight excluding hydrogens is 454 g/mol. The molecule has 4 heteroatoms. The molecule has 0 aliphatic rings. The van der Waals surface area contributed by atoms with Gasteiger partial charge in [0.15, 0.2) is 0 Å². The van der Waals surface area contributed by atoms with Crippen LogP contribution < -0.4 is 10.6 Å². The fraction of sp³-hybridized carbons (Fsp3) is 0.364. The lowest BCUT2D eigenvalue weighted by atomic mass is 10.0. The number of amides is 1. The lowest BCUT2D eigenvalue weighted by Crippen LogP contribution is -2.32. The Morgan fingerprint density at radius 2 is 1.57 bits per heavy atom. The zero-order valence-corrected chi connectivity index (χ0v) is 23.9. The molecule has 0 spiro atoms. The van der Waals surface area contributed by atoms with E-state index in [0.717, 1.165) is 51.5 Å². The van der Waals surface area contributed by atoms with E-state index in [4.69, 9.17) is 6.42 Å². The molecule has 0 bridgehead atoms. The van der Waals surface area contributed by atoms with Crippen LogP contribution in [0.15, 0.2) is 61.8 Å². The minimum absolute atomic E-state index is 0.0985. The molecule has 2 aromatic rings. The van der Waals surface area contributed by atoms with Gasteiger partial charge in [-0.15, -0.1) is 6.42 Å². The van der Waals surface area contributed by atoms with Crippen LogP contribution in [0.3, 0.4) is 0 Å². The van der Waals surface area contributed by atoms with Gasteiger partial charge in [-0.3, -0.25) is 4.79 Å². The maximum Gasteiger partial charge on any atom is 0.251 e. The number of rotatable bonds is 11. The number of nitrogens with one attached hydrogen (secondary N) is 2. The Morgan fingerprint density at radius 3 is 2.11 bits per heavy atom. The summed E-state index contributed by atoms with van der Waals surface area (Å²) in [5.41, 5.74) is 8.20. The third-order valence-corrected chi connectivity index (χ3v) is 5.92. The van der Waals surface area contributed by atoms with Crippen LogP contribution in [0.2, 0.25) is 0 Å². The summed E-state index contributed by atoms with van der Waals surface area (Å²) in [7, 11) is 0. The SMILES string of the molecule is C#Cc1ccc(C(=C)NCC(C)CNC(=O)c2ccc(C)c(C(=C)N(CC)C(=C)C)c2)cc1C.CCC. The lowest BCUT2D eigenvalue weighted by molar-refractivity contribution is 0.0948. The molecular formula is C33H45N3O. The first kappa shape index (κ1) is 31.3. The molecule has 1 atom stereocenters. The summed E-state index contributed by atoms with van der Waals surface area (Å²) in [4.78, 5) is 14.9. The second-order valence-electron chi connectivity index (χ2n) is 9.51. The first-order valence-electron chi connectivity index (χ1n) is 13.0. The number of terminal acetylenes is 1. The van der Waals surface area contributed by atoms with Crippen LogP contribution in [0.5, 0.6) is 0 Å². The molecule has 198 valence electrons. The monoisotopic (exact) mass is 499 g/mol. The summed E-state index contributed by atoms with van der Waals surface area (Å²) < 4.78 is 0. The minimum Gasteiger partial charge on any atom is -0.385 e. The zero-order chi connectivity index (χ0) is 28.1. The van der Waals surface area contributed by atoms with Crippen molar-refractivity contribution in [3.05, 3.63) is 95.2 Å². The molecule has 0 radical (unpaired) electrons. The first-order valence-corrected chi connectivity index (χ1v) is 13.0. The van der Waals surface area contributed by atoms with E-state index < -0.39 is 0 Å². The fourth-order valence-corrected chi connectivity index (χ4v) is 3.76. The van der Waals surface area contributed by atoms with E-state index in [1.165, 1.54) is 6.42 Å². The fourth-order valence-electron chi connectivity index (χ4n) is 3.76. The van der Waals surface area contributed by atoms with Gasteiger partial charge in [0.2, 0.25) is 0 Å². The average molecular weight is 500 g/mol. The van der Waals surface area contributed by atoms with Crippen LogP contribution in [0, 0.1) is 32.1 Å². The smallest absolute Gasteiger partial charge is 0.251 e. The Morgan fingerprint density at radius 1 is 0.973 bits per heavy atom. The molecule has 4 nitrogen and oxygen atoms in total. The summed E-state index contributed by atoms with van der Waals surface area (Å²) in [6.07, 6.45) is 6.75. The molecule has 1 amide bonds. The number of aryl methyl sites for hydroxylation is 2. The number of carbonyl (C=O) groups is 1. The van der Waals surface area contributed by atoms with Crippen LogP contribution in [0.4, 0.5) is 0 Å². The molecule has 0 saturated carbocycles. The molecule has 0 fully saturated rings. The maximum absolute atomic E-state index is 12.8. The normalized spacial score (nSPS) is 10.8. The number of nitrogens with zero attached hydrogens (tertiary/aromatic N) is 1. The van der Waals surface area contributed by atoms with Crippen molar-refractivity contribution >= 4 is 17.3 Å². The number of carbonyl (C=O) groups excluding carboxylic acids is 1. The number of hydrogen-bond acceptors (Lipinski definition) is 3. The van der Waals surface area contributed by atoms with Crippen molar-refractivity contribution in [2.24, 2.45) is 5.92 Å². The van der Waals surface area contributed by atoms with Crippen LogP contribution in [-0.2, 0) is 0 Å². The number of hydrogen-bond donors (Lipinski definition) is 2. The lowest BCUT2D eigenvalue weighted by Gasteiger charge is -2.26. The molecule has 2 N–H and O–H groups in total. The van der Waals surface area contributed by atoms with Crippen molar-refractivity contribution in [1.29, 1.82) is 0 Å². The standard InChI is InChI=1S/C30H37N3O.C3H8/c1-10-26-14-15-27(16-23(26)7)24(8)31-18-21(5)19-32-30(34)28-13-12-22(6)29(17-28)25(9)33(11-2)20(3)4;1-3-2/h1,12-17,21,31H,3,8-9,11,18-19H2,2,4-7H3,(H,32,34);3H2,1-2H3. The largest absolute Gasteiger partial charge is 0.385 e. The van der Waals surface area contributed by atoms with Gasteiger partial charge < -0.3 is 15.5 Å². The van der Waals surface area contributed by atoms with E-state index in [-0.39, 0.29) is 11.8 Å². The van der Waals surface area contributed by atoms with Crippen molar-refractivity contribution in [3.8, 4) is 12.3 Å². The second-order valence-corrected chi connectivity index (χ2v) is 9.51. The van der Waals surface area contributed by atoms with Crippen molar-refractivity contribution in [1.82, 2.24) is 15.5 Å². The van der Waals surface area contributed by atoms with Crippen LogP contribution >= 0.6 is 0 Å². The Balaban J connectivity index is 0.00000217.